The maximum Gasteiger partial charge on any atom is 0.252 e. The Hall–Kier alpha value is -1.62. The van der Waals surface area contributed by atoms with Crippen LogP contribution in [0.5, 0.6) is 0 Å². The molecule has 1 spiro atoms. The first-order valence-electron chi connectivity index (χ1n) is 9.19. The van der Waals surface area contributed by atoms with E-state index in [-0.39, 0.29) is 5.91 Å². The number of anilines is 1. The number of amides is 1. The van der Waals surface area contributed by atoms with Gasteiger partial charge in [0.25, 0.3) is 5.91 Å². The Morgan fingerprint density at radius 1 is 1.25 bits per heavy atom. The lowest BCUT2D eigenvalue weighted by molar-refractivity contribution is 0.0907. The van der Waals surface area contributed by atoms with Gasteiger partial charge >= 0.3 is 0 Å². The van der Waals surface area contributed by atoms with Crippen LogP contribution in [-0.4, -0.2) is 48.5 Å². The molecular weight excluding hydrogens is 300 g/mol. The second-order valence-corrected chi connectivity index (χ2v) is 7.59. The average molecular weight is 330 g/mol. The molecule has 3 heterocycles. The van der Waals surface area contributed by atoms with Gasteiger partial charge in [-0.25, -0.2) is 4.98 Å². The Bertz CT molecular complexity index is 620. The smallest absolute Gasteiger partial charge is 0.252 e. The van der Waals surface area contributed by atoms with Gasteiger partial charge in [0.15, 0.2) is 0 Å². The molecule has 0 unspecified atom stereocenters. The summed E-state index contributed by atoms with van der Waals surface area (Å²) >= 11 is 0. The van der Waals surface area contributed by atoms with Crippen molar-refractivity contribution in [2.45, 2.75) is 46.5 Å². The zero-order chi connectivity index (χ0) is 17.3. The molecule has 0 saturated carbocycles. The van der Waals surface area contributed by atoms with Crippen LogP contribution in [-0.2, 0) is 0 Å². The number of likely N-dealkylation sites (tertiary alicyclic amines) is 1. The van der Waals surface area contributed by atoms with Crippen LogP contribution in [0.25, 0.3) is 0 Å². The number of nitrogens with two attached hydrogens (primary N) is 1. The number of aryl methyl sites for hydroxylation is 2. The van der Waals surface area contributed by atoms with Crippen molar-refractivity contribution in [3.8, 4) is 0 Å². The van der Waals surface area contributed by atoms with Crippen LogP contribution in [0.4, 0.5) is 5.82 Å². The van der Waals surface area contributed by atoms with Gasteiger partial charge in [-0.3, -0.25) is 4.79 Å². The number of nitrogens with zero attached hydrogens (tertiary/aromatic N) is 3. The van der Waals surface area contributed by atoms with E-state index in [4.69, 9.17) is 10.7 Å². The zero-order valence-electron chi connectivity index (χ0n) is 15.3. The minimum Gasteiger partial charge on any atom is -0.365 e. The maximum atomic E-state index is 11.9. The molecule has 1 aromatic rings. The lowest BCUT2D eigenvalue weighted by Gasteiger charge is -2.48. The van der Waals surface area contributed by atoms with E-state index < -0.39 is 0 Å². The molecule has 0 radical (unpaired) electrons. The van der Waals surface area contributed by atoms with Gasteiger partial charge in [0.2, 0.25) is 0 Å². The molecule has 0 aliphatic carbocycles. The minimum atomic E-state index is -0.374. The quantitative estimate of drug-likeness (QED) is 0.925. The van der Waals surface area contributed by atoms with Gasteiger partial charge in [0.1, 0.15) is 5.82 Å². The number of carbonyl (C=O) groups is 1. The molecule has 2 N–H and O–H groups in total. The Kier molecular flexibility index (Phi) is 4.81. The highest BCUT2D eigenvalue weighted by Gasteiger charge is 2.39. The highest BCUT2D eigenvalue weighted by atomic mass is 16.1. The van der Waals surface area contributed by atoms with E-state index in [1.54, 1.807) is 0 Å². The van der Waals surface area contributed by atoms with Crippen LogP contribution in [0.3, 0.4) is 0 Å². The van der Waals surface area contributed by atoms with Crippen LogP contribution in [0, 0.1) is 19.3 Å². The van der Waals surface area contributed by atoms with Gasteiger partial charge in [0, 0.05) is 18.8 Å². The summed E-state index contributed by atoms with van der Waals surface area (Å²) in [6, 6.07) is 1.90. The second-order valence-electron chi connectivity index (χ2n) is 7.59. The fourth-order valence-corrected chi connectivity index (χ4v) is 4.26. The molecule has 2 aliphatic rings. The van der Waals surface area contributed by atoms with Crippen molar-refractivity contribution in [3.05, 3.63) is 22.9 Å². The van der Waals surface area contributed by atoms with Gasteiger partial charge in [-0.15, -0.1) is 0 Å². The van der Waals surface area contributed by atoms with E-state index >= 15 is 0 Å². The third-order valence-corrected chi connectivity index (χ3v) is 6.04. The molecule has 1 aromatic heterocycles. The van der Waals surface area contributed by atoms with Crippen molar-refractivity contribution in [1.29, 1.82) is 0 Å². The second kappa shape index (κ2) is 6.71. The third kappa shape index (κ3) is 3.27. The lowest BCUT2D eigenvalue weighted by Crippen LogP contribution is -2.50. The van der Waals surface area contributed by atoms with Crippen LogP contribution < -0.4 is 10.6 Å². The molecule has 0 aromatic carbocycles. The van der Waals surface area contributed by atoms with E-state index in [0.29, 0.717) is 11.0 Å². The first kappa shape index (κ1) is 17.2. The summed E-state index contributed by atoms with van der Waals surface area (Å²) in [7, 11) is 0. The number of hydrogen-bond acceptors (Lipinski definition) is 4. The summed E-state index contributed by atoms with van der Waals surface area (Å²) in [4.78, 5) is 21.5. The number of aromatic nitrogens is 1. The van der Waals surface area contributed by atoms with E-state index in [0.717, 1.165) is 36.7 Å². The molecular formula is C19H30N4O. The van der Waals surface area contributed by atoms with E-state index in [2.05, 4.69) is 16.7 Å². The summed E-state index contributed by atoms with van der Waals surface area (Å²) in [6.45, 7) is 11.7. The largest absolute Gasteiger partial charge is 0.365 e. The van der Waals surface area contributed by atoms with Crippen LogP contribution in [0.1, 0.15) is 54.2 Å². The normalized spacial score (nSPS) is 21.2. The number of hydrogen-bond donors (Lipinski definition) is 1. The molecule has 0 atom stereocenters. The first-order valence-corrected chi connectivity index (χ1v) is 9.19. The summed E-state index contributed by atoms with van der Waals surface area (Å²) in [5.41, 5.74) is 8.58. The number of primary amides is 1. The van der Waals surface area contributed by atoms with Crippen molar-refractivity contribution in [3.63, 3.8) is 0 Å². The van der Waals surface area contributed by atoms with Crippen molar-refractivity contribution in [1.82, 2.24) is 9.88 Å². The summed E-state index contributed by atoms with van der Waals surface area (Å²) in [5.74, 6) is 0.420. The van der Waals surface area contributed by atoms with Crippen molar-refractivity contribution in [2.24, 2.45) is 11.1 Å². The Morgan fingerprint density at radius 3 is 2.58 bits per heavy atom. The number of carbonyl (C=O) groups excluding carboxylic acids is 1. The van der Waals surface area contributed by atoms with Crippen molar-refractivity contribution in [2.75, 3.05) is 37.6 Å². The lowest BCUT2D eigenvalue weighted by atomic mass is 9.72. The molecule has 0 bridgehead atoms. The topological polar surface area (TPSA) is 62.5 Å². The predicted molar refractivity (Wildman–Crippen MR) is 97.5 cm³/mol. The molecule has 1 amide bonds. The Balaban J connectivity index is 1.85. The van der Waals surface area contributed by atoms with E-state index in [9.17, 15) is 4.79 Å². The molecule has 132 valence electrons. The van der Waals surface area contributed by atoms with E-state index in [1.807, 2.05) is 19.9 Å². The summed E-state index contributed by atoms with van der Waals surface area (Å²) < 4.78 is 0. The van der Waals surface area contributed by atoms with Gasteiger partial charge in [-0.1, -0.05) is 6.92 Å². The van der Waals surface area contributed by atoms with Crippen molar-refractivity contribution < 1.29 is 4.79 Å². The zero-order valence-corrected chi connectivity index (χ0v) is 15.3. The molecule has 5 heteroatoms. The number of rotatable bonds is 3. The highest BCUT2D eigenvalue weighted by molar-refractivity contribution is 5.98. The van der Waals surface area contributed by atoms with Crippen LogP contribution >= 0.6 is 0 Å². The Labute approximate surface area is 145 Å². The van der Waals surface area contributed by atoms with E-state index in [1.165, 1.54) is 38.8 Å². The SMILES string of the molecule is CCN1CCC2(CCCN(c3nc(C)c(C)cc3C(N)=O)C2)CC1. The predicted octanol–water partition coefficient (Wildman–Crippen LogP) is 2.50. The third-order valence-electron chi connectivity index (χ3n) is 6.04. The number of piperidine rings is 2. The molecule has 24 heavy (non-hydrogen) atoms. The average Bonchev–Trinajstić information content (AvgIpc) is 2.57. The molecule has 3 rings (SSSR count). The standard InChI is InChI=1S/C19H30N4O/c1-4-22-10-7-19(8-11-22)6-5-9-23(13-19)18-16(17(20)24)12-14(2)15(3)21-18/h12H,4-11,13H2,1-3H3,(H2,20,24). The fourth-order valence-electron chi connectivity index (χ4n) is 4.26. The van der Waals surface area contributed by atoms with Crippen LogP contribution in [0.2, 0.25) is 0 Å². The van der Waals surface area contributed by atoms with Gasteiger partial charge in [-0.05, 0) is 76.2 Å². The molecule has 2 saturated heterocycles. The van der Waals surface area contributed by atoms with Gasteiger partial charge < -0.3 is 15.5 Å². The van der Waals surface area contributed by atoms with Crippen LogP contribution in [0.15, 0.2) is 6.07 Å². The Morgan fingerprint density at radius 2 is 1.96 bits per heavy atom. The monoisotopic (exact) mass is 330 g/mol. The molecule has 2 aliphatic heterocycles. The van der Waals surface area contributed by atoms with Gasteiger partial charge in [0.05, 0.1) is 5.56 Å². The van der Waals surface area contributed by atoms with Crippen molar-refractivity contribution >= 4 is 11.7 Å². The first-order chi connectivity index (χ1) is 11.4. The molecule has 2 fully saturated rings. The van der Waals surface area contributed by atoms with Gasteiger partial charge in [-0.2, -0.15) is 0 Å². The highest BCUT2D eigenvalue weighted by Crippen LogP contribution is 2.41. The fraction of sp³-hybridized carbons (Fsp3) is 0.684. The number of pyridine rings is 1. The summed E-state index contributed by atoms with van der Waals surface area (Å²) in [5, 5.41) is 0. The molecule has 5 nitrogen and oxygen atoms in total. The summed E-state index contributed by atoms with van der Waals surface area (Å²) in [6.07, 6.45) is 4.94. The maximum absolute atomic E-state index is 11.9. The minimum absolute atomic E-state index is 0.374.